The summed E-state index contributed by atoms with van der Waals surface area (Å²) >= 11 is 0. The van der Waals surface area contributed by atoms with Crippen LogP contribution in [0.4, 0.5) is 4.79 Å². The second-order valence-corrected chi connectivity index (χ2v) is 6.70. The SMILES string of the molecule is CC(C)(C)OC(=O)N1CCOCC(N2CCCCC2=O)C1. The Labute approximate surface area is 126 Å². The number of ether oxygens (including phenoxy) is 2. The van der Waals surface area contributed by atoms with Crippen LogP contribution in [0.15, 0.2) is 0 Å². The fourth-order valence-corrected chi connectivity index (χ4v) is 2.69. The molecule has 0 saturated carbocycles. The second-order valence-electron chi connectivity index (χ2n) is 6.70. The van der Waals surface area contributed by atoms with E-state index < -0.39 is 5.60 Å². The zero-order valence-corrected chi connectivity index (χ0v) is 13.3. The third kappa shape index (κ3) is 4.59. The van der Waals surface area contributed by atoms with Crippen LogP contribution in [0.1, 0.15) is 40.0 Å². The Kier molecular flexibility index (Phi) is 5.08. The Balaban J connectivity index is 2.00. The van der Waals surface area contributed by atoms with Crippen molar-refractivity contribution < 1.29 is 19.1 Å². The first-order valence-corrected chi connectivity index (χ1v) is 7.72. The Bertz CT molecular complexity index is 392. The minimum atomic E-state index is -0.513. The van der Waals surface area contributed by atoms with E-state index >= 15 is 0 Å². The van der Waals surface area contributed by atoms with Crippen LogP contribution in [0.3, 0.4) is 0 Å². The third-order valence-corrected chi connectivity index (χ3v) is 3.70. The number of nitrogens with zero attached hydrogens (tertiary/aromatic N) is 2. The zero-order chi connectivity index (χ0) is 15.5. The molecule has 0 aromatic rings. The lowest BCUT2D eigenvalue weighted by molar-refractivity contribution is -0.137. The van der Waals surface area contributed by atoms with E-state index in [2.05, 4.69) is 0 Å². The van der Waals surface area contributed by atoms with Gasteiger partial charge in [0.1, 0.15) is 5.60 Å². The lowest BCUT2D eigenvalue weighted by Crippen LogP contribution is -2.51. The van der Waals surface area contributed by atoms with Gasteiger partial charge in [-0.2, -0.15) is 0 Å². The van der Waals surface area contributed by atoms with E-state index in [0.29, 0.717) is 32.7 Å². The van der Waals surface area contributed by atoms with Gasteiger partial charge in [0.2, 0.25) is 5.91 Å². The average molecular weight is 298 g/mol. The summed E-state index contributed by atoms with van der Waals surface area (Å²) in [6, 6.07) is -0.0622. The summed E-state index contributed by atoms with van der Waals surface area (Å²) in [4.78, 5) is 27.8. The van der Waals surface area contributed by atoms with Gasteiger partial charge >= 0.3 is 6.09 Å². The monoisotopic (exact) mass is 298 g/mol. The molecule has 21 heavy (non-hydrogen) atoms. The van der Waals surface area contributed by atoms with Crippen molar-refractivity contribution in [2.75, 3.05) is 32.8 Å². The van der Waals surface area contributed by atoms with E-state index in [4.69, 9.17) is 9.47 Å². The van der Waals surface area contributed by atoms with Gasteiger partial charge in [-0.3, -0.25) is 4.79 Å². The van der Waals surface area contributed by atoms with Gasteiger partial charge in [0.25, 0.3) is 0 Å². The smallest absolute Gasteiger partial charge is 0.410 e. The molecule has 0 aromatic heterocycles. The maximum Gasteiger partial charge on any atom is 0.410 e. The van der Waals surface area contributed by atoms with Crippen molar-refractivity contribution in [1.82, 2.24) is 9.80 Å². The Hall–Kier alpha value is -1.30. The molecule has 2 heterocycles. The van der Waals surface area contributed by atoms with Crippen molar-refractivity contribution in [3.8, 4) is 0 Å². The van der Waals surface area contributed by atoms with Gasteiger partial charge in [0.15, 0.2) is 0 Å². The van der Waals surface area contributed by atoms with Crippen LogP contribution in [0.2, 0.25) is 0 Å². The van der Waals surface area contributed by atoms with Crippen LogP contribution in [0.5, 0.6) is 0 Å². The van der Waals surface area contributed by atoms with Crippen LogP contribution in [-0.2, 0) is 14.3 Å². The van der Waals surface area contributed by atoms with Gasteiger partial charge in [0, 0.05) is 26.1 Å². The summed E-state index contributed by atoms with van der Waals surface area (Å²) in [5, 5.41) is 0. The van der Waals surface area contributed by atoms with Gasteiger partial charge in [-0.25, -0.2) is 4.79 Å². The summed E-state index contributed by atoms with van der Waals surface area (Å²) in [6.45, 7) is 8.28. The zero-order valence-electron chi connectivity index (χ0n) is 13.3. The van der Waals surface area contributed by atoms with Crippen LogP contribution in [0, 0.1) is 0 Å². The molecule has 6 nitrogen and oxygen atoms in total. The van der Waals surface area contributed by atoms with Crippen molar-refractivity contribution in [2.24, 2.45) is 0 Å². The third-order valence-electron chi connectivity index (χ3n) is 3.70. The first-order chi connectivity index (χ1) is 9.87. The lowest BCUT2D eigenvalue weighted by atomic mass is 10.1. The molecule has 0 aliphatic carbocycles. The van der Waals surface area contributed by atoms with Crippen LogP contribution < -0.4 is 0 Å². The molecular formula is C15H26N2O4. The normalized spacial score (nSPS) is 24.7. The molecule has 0 spiro atoms. The van der Waals surface area contributed by atoms with Crippen molar-refractivity contribution in [1.29, 1.82) is 0 Å². The standard InChI is InChI=1S/C15H26N2O4/c1-15(2,3)21-14(19)16-8-9-20-11-12(10-16)17-7-5-4-6-13(17)18/h12H,4-11H2,1-3H3. The van der Waals surface area contributed by atoms with Gasteiger partial charge in [0.05, 0.1) is 19.3 Å². The largest absolute Gasteiger partial charge is 0.444 e. The van der Waals surface area contributed by atoms with Gasteiger partial charge < -0.3 is 19.3 Å². The average Bonchev–Trinajstić information content (AvgIpc) is 2.63. The number of hydrogen-bond donors (Lipinski definition) is 0. The lowest BCUT2D eigenvalue weighted by Gasteiger charge is -2.36. The maximum absolute atomic E-state index is 12.2. The number of carbonyl (C=O) groups excluding carboxylic acids is 2. The van der Waals surface area contributed by atoms with E-state index in [-0.39, 0.29) is 18.0 Å². The van der Waals surface area contributed by atoms with Crippen molar-refractivity contribution >= 4 is 12.0 Å². The molecule has 2 aliphatic heterocycles. The number of amides is 2. The fourth-order valence-electron chi connectivity index (χ4n) is 2.69. The molecular weight excluding hydrogens is 272 g/mol. The molecule has 1 atom stereocenters. The molecule has 0 bridgehead atoms. The molecule has 2 saturated heterocycles. The number of hydrogen-bond acceptors (Lipinski definition) is 4. The molecule has 2 rings (SSSR count). The van der Waals surface area contributed by atoms with Crippen molar-refractivity contribution in [3.05, 3.63) is 0 Å². The summed E-state index contributed by atoms with van der Waals surface area (Å²) < 4.78 is 11.0. The van der Waals surface area contributed by atoms with E-state index in [0.717, 1.165) is 19.4 Å². The highest BCUT2D eigenvalue weighted by molar-refractivity contribution is 5.77. The topological polar surface area (TPSA) is 59.1 Å². The first-order valence-electron chi connectivity index (χ1n) is 7.72. The molecule has 2 amide bonds. The summed E-state index contributed by atoms with van der Waals surface area (Å²) in [7, 11) is 0. The molecule has 0 radical (unpaired) electrons. The molecule has 2 aliphatic rings. The minimum absolute atomic E-state index is 0.0622. The van der Waals surface area contributed by atoms with Crippen molar-refractivity contribution in [3.63, 3.8) is 0 Å². The van der Waals surface area contributed by atoms with Gasteiger partial charge in [-0.1, -0.05) is 0 Å². The molecule has 2 fully saturated rings. The van der Waals surface area contributed by atoms with Gasteiger partial charge in [-0.05, 0) is 33.6 Å². The summed E-state index contributed by atoms with van der Waals surface area (Å²) in [5.74, 6) is 0.167. The van der Waals surface area contributed by atoms with E-state index in [9.17, 15) is 9.59 Å². The van der Waals surface area contributed by atoms with E-state index in [1.165, 1.54) is 0 Å². The highest BCUT2D eigenvalue weighted by atomic mass is 16.6. The number of carbonyl (C=O) groups is 2. The highest BCUT2D eigenvalue weighted by Crippen LogP contribution is 2.18. The molecule has 120 valence electrons. The Morgan fingerprint density at radius 3 is 2.71 bits per heavy atom. The highest BCUT2D eigenvalue weighted by Gasteiger charge is 2.32. The maximum atomic E-state index is 12.2. The summed E-state index contributed by atoms with van der Waals surface area (Å²) in [5.41, 5.74) is -0.513. The predicted molar refractivity (Wildman–Crippen MR) is 78.0 cm³/mol. The minimum Gasteiger partial charge on any atom is -0.444 e. The van der Waals surface area contributed by atoms with E-state index in [1.54, 1.807) is 4.90 Å². The Morgan fingerprint density at radius 2 is 2.05 bits per heavy atom. The van der Waals surface area contributed by atoms with E-state index in [1.807, 2.05) is 25.7 Å². The fraction of sp³-hybridized carbons (Fsp3) is 0.867. The molecule has 1 unspecified atom stereocenters. The predicted octanol–water partition coefficient (Wildman–Crippen LogP) is 1.63. The Morgan fingerprint density at radius 1 is 1.29 bits per heavy atom. The van der Waals surface area contributed by atoms with Crippen LogP contribution >= 0.6 is 0 Å². The molecule has 0 N–H and O–H groups in total. The number of likely N-dealkylation sites (tertiary alicyclic amines) is 1. The van der Waals surface area contributed by atoms with Crippen LogP contribution in [0.25, 0.3) is 0 Å². The number of rotatable bonds is 1. The first kappa shape index (κ1) is 16.1. The summed E-state index contributed by atoms with van der Waals surface area (Å²) in [6.07, 6.45) is 2.25. The molecule has 0 aromatic carbocycles. The second kappa shape index (κ2) is 6.64. The van der Waals surface area contributed by atoms with Crippen LogP contribution in [-0.4, -0.2) is 66.3 Å². The van der Waals surface area contributed by atoms with Crippen molar-refractivity contribution in [2.45, 2.75) is 51.7 Å². The molecule has 6 heteroatoms. The quantitative estimate of drug-likeness (QED) is 0.738. The van der Waals surface area contributed by atoms with Gasteiger partial charge in [-0.15, -0.1) is 0 Å². The number of piperidine rings is 1.